The van der Waals surface area contributed by atoms with Gasteiger partial charge in [-0.05, 0) is 55.4 Å². The van der Waals surface area contributed by atoms with Crippen LogP contribution in [0.4, 0.5) is 0 Å². The first-order valence-corrected chi connectivity index (χ1v) is 11.4. The Morgan fingerprint density at radius 1 is 1.22 bits per heavy atom. The number of carbonyl (C=O) groups excluding carboxylic acids is 1. The molecule has 2 aromatic rings. The van der Waals surface area contributed by atoms with Gasteiger partial charge in [-0.25, -0.2) is 0 Å². The van der Waals surface area contributed by atoms with Gasteiger partial charge in [0.15, 0.2) is 11.5 Å². The predicted molar refractivity (Wildman–Crippen MR) is 119 cm³/mol. The molecule has 6 rings (SSSR count). The highest BCUT2D eigenvalue weighted by Crippen LogP contribution is 2.65. The number of fused-ring (bicyclic) bond motifs is 7. The van der Waals surface area contributed by atoms with Crippen molar-refractivity contribution in [1.82, 2.24) is 10.1 Å². The summed E-state index contributed by atoms with van der Waals surface area (Å²) in [5.74, 6) is 1.92. The van der Waals surface area contributed by atoms with E-state index in [0.29, 0.717) is 35.3 Å². The summed E-state index contributed by atoms with van der Waals surface area (Å²) in [5.41, 5.74) is 1.40. The minimum atomic E-state index is -0.548. The summed E-state index contributed by atoms with van der Waals surface area (Å²) in [6, 6.07) is 9.58. The molecule has 0 aliphatic heterocycles. The summed E-state index contributed by atoms with van der Waals surface area (Å²) in [4.78, 5) is 16.0. The van der Waals surface area contributed by atoms with E-state index in [-0.39, 0.29) is 35.3 Å². The lowest BCUT2D eigenvalue weighted by Gasteiger charge is -2.50. The fraction of sp³-hybridized carbons (Fsp3) is 0.462. The Morgan fingerprint density at radius 3 is 2.72 bits per heavy atom. The molecule has 1 heterocycles. The molecule has 0 radical (unpaired) electrons. The largest absolute Gasteiger partial charge is 0.507 e. The number of hydrogen-bond donors (Lipinski definition) is 1. The lowest BCUT2D eigenvalue weighted by Crippen LogP contribution is -2.50. The molecule has 4 aliphatic rings. The molecule has 2 fully saturated rings. The van der Waals surface area contributed by atoms with Crippen molar-refractivity contribution in [2.45, 2.75) is 32.4 Å². The van der Waals surface area contributed by atoms with Crippen molar-refractivity contribution in [2.24, 2.45) is 29.1 Å². The monoisotopic (exact) mass is 432 g/mol. The highest BCUT2D eigenvalue weighted by molar-refractivity contribution is 6.06. The van der Waals surface area contributed by atoms with Gasteiger partial charge in [-0.2, -0.15) is 0 Å². The quantitative estimate of drug-likeness (QED) is 0.714. The molecule has 1 N–H and O–H groups in total. The number of benzene rings is 1. The topological polar surface area (TPSA) is 75.8 Å². The molecular weight excluding hydrogens is 404 g/mol. The molecule has 2 bridgehead atoms. The maximum atomic E-state index is 13.9. The van der Waals surface area contributed by atoms with E-state index in [1.54, 1.807) is 0 Å². The van der Waals surface area contributed by atoms with Crippen molar-refractivity contribution in [3.8, 4) is 5.88 Å². The summed E-state index contributed by atoms with van der Waals surface area (Å²) in [5, 5.41) is 15.7. The van der Waals surface area contributed by atoms with Crippen LogP contribution in [0, 0.1) is 29.1 Å². The fourth-order valence-corrected chi connectivity index (χ4v) is 7.00. The second-order valence-electron chi connectivity index (χ2n) is 10.2. The number of ketones is 1. The van der Waals surface area contributed by atoms with Crippen molar-refractivity contribution in [2.75, 3.05) is 14.1 Å². The number of aliphatic hydroxyl groups excluding tert-OH is 1. The van der Waals surface area contributed by atoms with Gasteiger partial charge in [0.25, 0.3) is 5.88 Å². The Hall–Kier alpha value is -2.86. The minimum absolute atomic E-state index is 0.0138. The molecule has 32 heavy (non-hydrogen) atoms. The maximum absolute atomic E-state index is 13.9. The molecule has 0 unspecified atom stereocenters. The van der Waals surface area contributed by atoms with Crippen molar-refractivity contribution < 1.29 is 19.2 Å². The smallest absolute Gasteiger partial charge is 0.265 e. The zero-order valence-electron chi connectivity index (χ0n) is 18.6. The number of aliphatic hydroxyl groups is 1. The van der Waals surface area contributed by atoms with Crippen LogP contribution in [0.15, 0.2) is 52.6 Å². The molecule has 6 heteroatoms. The van der Waals surface area contributed by atoms with E-state index in [4.69, 9.17) is 9.26 Å². The van der Waals surface area contributed by atoms with Gasteiger partial charge in [-0.15, -0.1) is 0 Å². The summed E-state index contributed by atoms with van der Waals surface area (Å²) in [6.07, 6.45) is 6.39. The molecule has 4 aliphatic carbocycles. The van der Waals surface area contributed by atoms with Gasteiger partial charge in [-0.3, -0.25) is 9.69 Å². The van der Waals surface area contributed by atoms with Gasteiger partial charge < -0.3 is 14.4 Å². The number of ether oxygens (including phenoxy) is 1. The van der Waals surface area contributed by atoms with Crippen LogP contribution in [0.1, 0.15) is 42.7 Å². The van der Waals surface area contributed by atoms with Gasteiger partial charge in [-0.1, -0.05) is 49.4 Å². The Bertz CT molecular complexity index is 1150. The molecule has 6 atom stereocenters. The molecule has 6 nitrogen and oxygen atoms in total. The molecule has 2 saturated carbocycles. The Labute approximate surface area is 187 Å². The first-order chi connectivity index (χ1) is 15.4. The number of nitrogens with zero attached hydrogens (tertiary/aromatic N) is 2. The van der Waals surface area contributed by atoms with Crippen LogP contribution in [0.25, 0.3) is 5.76 Å². The van der Waals surface area contributed by atoms with Crippen molar-refractivity contribution >= 4 is 11.5 Å². The van der Waals surface area contributed by atoms with Crippen molar-refractivity contribution in [3.05, 3.63) is 64.9 Å². The second-order valence-corrected chi connectivity index (χ2v) is 10.2. The first kappa shape index (κ1) is 19.8. The molecule has 0 saturated heterocycles. The van der Waals surface area contributed by atoms with Crippen LogP contribution in [0.2, 0.25) is 0 Å². The molecule has 1 aromatic carbocycles. The zero-order valence-corrected chi connectivity index (χ0v) is 18.6. The van der Waals surface area contributed by atoms with Gasteiger partial charge in [0.2, 0.25) is 0 Å². The number of carbonyl (C=O) groups is 1. The number of aromatic nitrogens is 1. The lowest BCUT2D eigenvalue weighted by atomic mass is 9.55. The number of hydrogen-bond acceptors (Lipinski definition) is 6. The highest BCUT2D eigenvalue weighted by Gasteiger charge is 2.62. The zero-order chi connectivity index (χ0) is 22.2. The predicted octanol–water partition coefficient (Wildman–Crippen LogP) is 4.56. The van der Waals surface area contributed by atoms with E-state index in [0.717, 1.165) is 18.4 Å². The third-order valence-corrected chi connectivity index (χ3v) is 8.15. The average Bonchev–Trinajstić information content (AvgIpc) is 3.47. The van der Waals surface area contributed by atoms with E-state index >= 15 is 0 Å². The first-order valence-electron chi connectivity index (χ1n) is 11.4. The van der Waals surface area contributed by atoms with Gasteiger partial charge in [0.05, 0.1) is 6.04 Å². The number of rotatable bonds is 4. The van der Waals surface area contributed by atoms with Crippen LogP contribution >= 0.6 is 0 Å². The standard InChI is InChI=1S/C26H28N2O4/c1-26-12-17-15-9-10-16(11-15)18(17)21(29)20(26)22(30)19-23(24(26)28(2)3)32-27-25(19)31-13-14-7-5-4-6-8-14/h4-10,15-18,24,30H,11-13H2,1-3H3/t15-,16+,17-,18+,24-,26+/m0/s1. The van der Waals surface area contributed by atoms with E-state index in [1.807, 2.05) is 44.4 Å². The van der Waals surface area contributed by atoms with Crippen molar-refractivity contribution in [3.63, 3.8) is 0 Å². The van der Waals surface area contributed by atoms with Crippen molar-refractivity contribution in [1.29, 1.82) is 0 Å². The van der Waals surface area contributed by atoms with Gasteiger partial charge in [0, 0.05) is 16.9 Å². The van der Waals surface area contributed by atoms with Crippen LogP contribution in [-0.4, -0.2) is 35.0 Å². The highest BCUT2D eigenvalue weighted by atomic mass is 16.5. The normalized spacial score (nSPS) is 34.6. The molecule has 166 valence electrons. The summed E-state index contributed by atoms with van der Waals surface area (Å²) < 4.78 is 11.8. The van der Waals surface area contributed by atoms with Crippen LogP contribution < -0.4 is 4.74 Å². The lowest BCUT2D eigenvalue weighted by molar-refractivity contribution is -0.127. The minimum Gasteiger partial charge on any atom is -0.507 e. The summed E-state index contributed by atoms with van der Waals surface area (Å²) >= 11 is 0. The van der Waals surface area contributed by atoms with E-state index in [1.165, 1.54) is 0 Å². The second kappa shape index (κ2) is 6.82. The third-order valence-electron chi connectivity index (χ3n) is 8.15. The average molecular weight is 433 g/mol. The van der Waals surface area contributed by atoms with Crippen LogP contribution in [0.3, 0.4) is 0 Å². The number of allylic oxidation sites excluding steroid dienone is 2. The van der Waals surface area contributed by atoms with Crippen LogP contribution in [-0.2, 0) is 11.4 Å². The molecule has 0 amide bonds. The molecule has 1 aromatic heterocycles. The number of Topliss-reactive ketones (excluding diaryl/α,β-unsaturated/α-hetero) is 1. The van der Waals surface area contributed by atoms with E-state index in [9.17, 15) is 9.90 Å². The van der Waals surface area contributed by atoms with Gasteiger partial charge in [0.1, 0.15) is 17.9 Å². The SMILES string of the molecule is CN(C)[C@H]1c2onc(OCc3ccccc3)c2C(O)=C2C(=O)[C@H]3[C@@H](C[C@]21C)[C@H]1C=C[C@@H]3C1. The summed E-state index contributed by atoms with van der Waals surface area (Å²) in [7, 11) is 3.98. The Kier molecular flexibility index (Phi) is 4.22. The van der Waals surface area contributed by atoms with Crippen LogP contribution in [0.5, 0.6) is 5.88 Å². The van der Waals surface area contributed by atoms with E-state index < -0.39 is 5.41 Å². The molecule has 0 spiro atoms. The van der Waals surface area contributed by atoms with Gasteiger partial charge >= 0.3 is 0 Å². The third kappa shape index (κ3) is 2.56. The van der Waals surface area contributed by atoms with E-state index in [2.05, 4.69) is 29.1 Å². The fourth-order valence-electron chi connectivity index (χ4n) is 7.00. The molecular formula is C26H28N2O4. The maximum Gasteiger partial charge on any atom is 0.265 e. The summed E-state index contributed by atoms with van der Waals surface area (Å²) in [6.45, 7) is 2.41. The Balaban J connectivity index is 1.45. The Morgan fingerprint density at radius 2 is 1.97 bits per heavy atom.